The minimum absolute atomic E-state index is 0.200. The Hall–Kier alpha value is -0.0800. The minimum atomic E-state index is -0.580. The summed E-state index contributed by atoms with van der Waals surface area (Å²) in [6.07, 6.45) is 0.636. The van der Waals surface area contributed by atoms with Crippen molar-refractivity contribution < 1.29 is 9.84 Å². The highest BCUT2D eigenvalue weighted by Crippen LogP contribution is 2.38. The Morgan fingerprint density at radius 3 is 2.00 bits per heavy atom. The number of ether oxygens (including phenoxy) is 1. The van der Waals surface area contributed by atoms with Gasteiger partial charge in [0.25, 0.3) is 0 Å². The molecule has 1 rings (SSSR count). The van der Waals surface area contributed by atoms with Gasteiger partial charge in [0, 0.05) is 5.92 Å². The highest BCUT2D eigenvalue weighted by Gasteiger charge is 2.39. The van der Waals surface area contributed by atoms with E-state index in [0.717, 1.165) is 6.42 Å². The molecule has 1 saturated heterocycles. The minimum Gasteiger partial charge on any atom is -0.368 e. The zero-order chi connectivity index (χ0) is 11.8. The van der Waals surface area contributed by atoms with E-state index in [1.807, 2.05) is 0 Å². The summed E-state index contributed by atoms with van der Waals surface area (Å²) in [6.45, 7) is 13.2. The molecule has 0 aliphatic carbocycles. The first-order chi connectivity index (χ1) is 6.72. The molecule has 0 radical (unpaired) electrons. The summed E-state index contributed by atoms with van der Waals surface area (Å²) >= 11 is 0. The third-order valence-corrected chi connectivity index (χ3v) is 3.82. The summed E-state index contributed by atoms with van der Waals surface area (Å²) in [5.41, 5.74) is 0.263. The van der Waals surface area contributed by atoms with Crippen molar-refractivity contribution in [2.75, 3.05) is 0 Å². The summed E-state index contributed by atoms with van der Waals surface area (Å²) in [5.74, 6) is 1.31. The molecule has 1 heterocycles. The average Bonchev–Trinajstić information content (AvgIpc) is 2.08. The normalized spacial score (nSPS) is 43.0. The number of rotatable bonds is 1. The Bertz CT molecular complexity index is 207. The van der Waals surface area contributed by atoms with Crippen molar-refractivity contribution in [3.05, 3.63) is 0 Å². The molecule has 2 unspecified atom stereocenters. The van der Waals surface area contributed by atoms with Crippen molar-refractivity contribution in [1.29, 1.82) is 0 Å². The van der Waals surface area contributed by atoms with Crippen LogP contribution in [0.5, 0.6) is 0 Å². The van der Waals surface area contributed by atoms with Gasteiger partial charge in [0.1, 0.15) is 0 Å². The predicted octanol–water partition coefficient (Wildman–Crippen LogP) is 3.05. The predicted molar refractivity (Wildman–Crippen MR) is 62.4 cm³/mol. The Balaban J connectivity index is 2.67. The van der Waals surface area contributed by atoms with Crippen molar-refractivity contribution in [2.24, 2.45) is 23.2 Å². The van der Waals surface area contributed by atoms with Gasteiger partial charge in [-0.2, -0.15) is 0 Å². The molecule has 2 heteroatoms. The fraction of sp³-hybridized carbons (Fsp3) is 1.00. The van der Waals surface area contributed by atoms with Crippen LogP contribution in [0.2, 0.25) is 0 Å². The lowest BCUT2D eigenvalue weighted by Crippen LogP contribution is -2.45. The molecule has 0 aromatic heterocycles. The van der Waals surface area contributed by atoms with Crippen LogP contribution in [0.3, 0.4) is 0 Å². The van der Waals surface area contributed by atoms with Gasteiger partial charge in [-0.1, -0.05) is 41.5 Å². The van der Waals surface area contributed by atoms with E-state index in [4.69, 9.17) is 4.74 Å². The van der Waals surface area contributed by atoms with E-state index in [1.165, 1.54) is 0 Å². The maximum atomic E-state index is 9.81. The van der Waals surface area contributed by atoms with Crippen molar-refractivity contribution in [3.8, 4) is 0 Å². The van der Waals surface area contributed by atoms with Crippen LogP contribution in [-0.2, 0) is 4.74 Å². The summed E-state index contributed by atoms with van der Waals surface area (Å²) in [5, 5.41) is 9.81. The molecule has 0 bridgehead atoms. The molecule has 1 aliphatic heterocycles. The summed E-state index contributed by atoms with van der Waals surface area (Å²) < 4.78 is 5.71. The Morgan fingerprint density at radius 2 is 1.53 bits per heavy atom. The molecule has 2 nitrogen and oxygen atoms in total. The van der Waals surface area contributed by atoms with E-state index >= 15 is 0 Å². The lowest BCUT2D eigenvalue weighted by atomic mass is 9.74. The van der Waals surface area contributed by atoms with Crippen molar-refractivity contribution in [2.45, 2.75) is 60.4 Å². The maximum absolute atomic E-state index is 9.81. The number of hydrogen-bond acceptors (Lipinski definition) is 2. The van der Waals surface area contributed by atoms with Gasteiger partial charge in [0.2, 0.25) is 0 Å². The van der Waals surface area contributed by atoms with Crippen LogP contribution in [0.15, 0.2) is 0 Å². The second kappa shape index (κ2) is 4.42. The summed E-state index contributed by atoms with van der Waals surface area (Å²) in [6, 6.07) is 0. The first-order valence-electron chi connectivity index (χ1n) is 6.06. The Labute approximate surface area is 94.0 Å². The third-order valence-electron chi connectivity index (χ3n) is 3.82. The molecular weight excluding hydrogens is 188 g/mol. The highest BCUT2D eigenvalue weighted by molar-refractivity contribution is 4.84. The molecule has 0 spiro atoms. The van der Waals surface area contributed by atoms with Crippen molar-refractivity contribution in [1.82, 2.24) is 0 Å². The molecule has 15 heavy (non-hydrogen) atoms. The third kappa shape index (κ3) is 3.18. The second-order valence-electron chi connectivity index (χ2n) is 6.41. The summed E-state index contributed by atoms with van der Waals surface area (Å²) in [7, 11) is 0. The first kappa shape index (κ1) is 13.0. The number of aliphatic hydroxyl groups excluding tert-OH is 1. The van der Waals surface area contributed by atoms with E-state index < -0.39 is 6.29 Å². The van der Waals surface area contributed by atoms with E-state index in [1.54, 1.807) is 0 Å². The second-order valence-corrected chi connectivity index (χ2v) is 6.41. The molecule has 1 N–H and O–H groups in total. The molecule has 90 valence electrons. The fourth-order valence-corrected chi connectivity index (χ4v) is 2.34. The van der Waals surface area contributed by atoms with Crippen molar-refractivity contribution in [3.63, 3.8) is 0 Å². The molecule has 0 amide bonds. The Morgan fingerprint density at radius 1 is 1.00 bits per heavy atom. The van der Waals surface area contributed by atoms with Crippen LogP contribution < -0.4 is 0 Å². The van der Waals surface area contributed by atoms with Crippen LogP contribution in [0.4, 0.5) is 0 Å². The van der Waals surface area contributed by atoms with Crippen LogP contribution in [0, 0.1) is 23.2 Å². The number of aliphatic hydroxyl groups is 1. The van der Waals surface area contributed by atoms with E-state index in [2.05, 4.69) is 41.5 Å². The SMILES string of the molecule is CC1[C@H](C)C(CC(C)(C)C)O[C@H](O)[C@@H]1C. The topological polar surface area (TPSA) is 29.5 Å². The van der Waals surface area contributed by atoms with Gasteiger partial charge < -0.3 is 9.84 Å². The lowest BCUT2D eigenvalue weighted by Gasteiger charge is -2.43. The Kier molecular flexibility index (Phi) is 3.83. The summed E-state index contributed by atoms with van der Waals surface area (Å²) in [4.78, 5) is 0. The number of hydrogen-bond donors (Lipinski definition) is 1. The largest absolute Gasteiger partial charge is 0.368 e. The lowest BCUT2D eigenvalue weighted by molar-refractivity contribution is -0.230. The quantitative estimate of drug-likeness (QED) is 0.727. The zero-order valence-corrected chi connectivity index (χ0v) is 10.9. The van der Waals surface area contributed by atoms with Crippen LogP contribution in [0.1, 0.15) is 48.0 Å². The molecule has 0 saturated carbocycles. The van der Waals surface area contributed by atoms with E-state index in [-0.39, 0.29) is 17.4 Å². The first-order valence-corrected chi connectivity index (χ1v) is 6.06. The van der Waals surface area contributed by atoms with Crippen molar-refractivity contribution >= 4 is 0 Å². The van der Waals surface area contributed by atoms with Gasteiger partial charge in [-0.3, -0.25) is 0 Å². The van der Waals surface area contributed by atoms with Gasteiger partial charge in [-0.15, -0.1) is 0 Å². The molecular formula is C13H26O2. The average molecular weight is 214 g/mol. The van der Waals surface area contributed by atoms with Crippen LogP contribution >= 0.6 is 0 Å². The smallest absolute Gasteiger partial charge is 0.157 e. The van der Waals surface area contributed by atoms with Crippen LogP contribution in [-0.4, -0.2) is 17.5 Å². The maximum Gasteiger partial charge on any atom is 0.157 e. The van der Waals surface area contributed by atoms with Gasteiger partial charge in [0.05, 0.1) is 6.10 Å². The van der Waals surface area contributed by atoms with E-state index in [9.17, 15) is 5.11 Å². The van der Waals surface area contributed by atoms with E-state index in [0.29, 0.717) is 11.8 Å². The van der Waals surface area contributed by atoms with Gasteiger partial charge in [0.15, 0.2) is 6.29 Å². The molecule has 0 aromatic carbocycles. The molecule has 1 fully saturated rings. The van der Waals surface area contributed by atoms with Gasteiger partial charge in [-0.05, 0) is 23.7 Å². The zero-order valence-electron chi connectivity index (χ0n) is 10.9. The standard InChI is InChI=1S/C13H26O2/c1-8-9(2)11(7-13(4,5)6)15-12(14)10(8)3/h8-12,14H,7H2,1-6H3/t8?,9-,10+,11?,12-/m0/s1. The van der Waals surface area contributed by atoms with Gasteiger partial charge >= 0.3 is 0 Å². The monoisotopic (exact) mass is 214 g/mol. The molecule has 1 aliphatic rings. The van der Waals surface area contributed by atoms with Crippen LogP contribution in [0.25, 0.3) is 0 Å². The fourth-order valence-electron chi connectivity index (χ4n) is 2.34. The van der Waals surface area contributed by atoms with Gasteiger partial charge in [-0.25, -0.2) is 0 Å². The molecule has 5 atom stereocenters. The molecule has 0 aromatic rings. The highest BCUT2D eigenvalue weighted by atomic mass is 16.6.